The lowest BCUT2D eigenvalue weighted by Crippen LogP contribution is -1.98. The van der Waals surface area contributed by atoms with E-state index in [-0.39, 0.29) is 0 Å². The van der Waals surface area contributed by atoms with Crippen LogP contribution in [0.25, 0.3) is 0 Å². The molecule has 0 amide bonds. The summed E-state index contributed by atoms with van der Waals surface area (Å²) < 4.78 is 0.868. The molecule has 0 aliphatic carbocycles. The monoisotopic (exact) mass is 247 g/mol. The lowest BCUT2D eigenvalue weighted by Gasteiger charge is -1.97. The van der Waals surface area contributed by atoms with E-state index in [0.29, 0.717) is 5.70 Å². The molecule has 0 heterocycles. The molecule has 10 heavy (non-hydrogen) atoms. The number of rotatable bonds is 1. The molecule has 0 aliphatic rings. The van der Waals surface area contributed by atoms with Crippen molar-refractivity contribution in [1.82, 2.24) is 0 Å². The second-order valence-electron chi connectivity index (χ2n) is 1.88. The highest BCUT2D eigenvalue weighted by Crippen LogP contribution is 2.12. The highest BCUT2D eigenvalue weighted by atomic mass is 127. The maximum absolute atomic E-state index is 5.62. The first-order valence-corrected chi connectivity index (χ1v) is 3.91. The Morgan fingerprint density at radius 2 is 2.10 bits per heavy atom. The van der Waals surface area contributed by atoms with Gasteiger partial charge in [-0.1, -0.05) is 12.5 Å². The molecule has 2 N–H and O–H groups in total. The highest BCUT2D eigenvalue weighted by molar-refractivity contribution is 14.1. The van der Waals surface area contributed by atoms with Gasteiger partial charge in [-0.2, -0.15) is 0 Å². The van der Waals surface area contributed by atoms with Crippen molar-refractivity contribution in [3.05, 3.63) is 21.4 Å². The third-order valence-corrected chi connectivity index (χ3v) is 1.78. The molecule has 0 fully saturated rings. The van der Waals surface area contributed by atoms with Crippen molar-refractivity contribution in [1.29, 1.82) is 0 Å². The summed E-state index contributed by atoms with van der Waals surface area (Å²) in [7, 11) is 0. The van der Waals surface area contributed by atoms with E-state index >= 15 is 0 Å². The van der Waals surface area contributed by atoms with Gasteiger partial charge in [-0.05, 0) is 42.0 Å². The van der Waals surface area contributed by atoms with E-state index in [1.54, 1.807) is 6.92 Å². The van der Waals surface area contributed by atoms with E-state index in [0.717, 1.165) is 9.15 Å². The largest absolute Gasteiger partial charge is 0.397 e. The molecule has 54 valence electrons. The van der Waals surface area contributed by atoms with Gasteiger partial charge < -0.3 is 5.73 Å². The molecule has 0 aromatic carbocycles. The van der Waals surface area contributed by atoms with Crippen LogP contribution in [0.2, 0.25) is 0 Å². The second kappa shape index (κ2) is 4.40. The zero-order chi connectivity index (χ0) is 8.15. The molecule has 0 radical (unpaired) electrons. The second-order valence-corrected chi connectivity index (χ2v) is 2.96. The average molecular weight is 247 g/mol. The van der Waals surface area contributed by atoms with Crippen LogP contribution in [0, 0.1) is 11.8 Å². The van der Waals surface area contributed by atoms with Crippen LogP contribution in [-0.4, -0.2) is 0 Å². The molecule has 1 nitrogen and oxygen atoms in total. The zero-order valence-corrected chi connectivity index (χ0v) is 8.32. The van der Waals surface area contributed by atoms with E-state index in [1.807, 2.05) is 6.92 Å². The molecule has 0 aromatic heterocycles. The molecule has 0 bridgehead atoms. The van der Waals surface area contributed by atoms with Crippen molar-refractivity contribution < 1.29 is 0 Å². The minimum Gasteiger partial charge on any atom is -0.397 e. The maximum atomic E-state index is 5.62. The van der Waals surface area contributed by atoms with Gasteiger partial charge in [0.05, 0.1) is 9.28 Å². The third kappa shape index (κ3) is 2.92. The summed E-state index contributed by atoms with van der Waals surface area (Å²) in [6.45, 7) is 7.35. The van der Waals surface area contributed by atoms with E-state index in [9.17, 15) is 0 Å². The van der Waals surface area contributed by atoms with Gasteiger partial charge in [-0.3, -0.25) is 0 Å². The van der Waals surface area contributed by atoms with Crippen molar-refractivity contribution >= 4 is 22.6 Å². The fourth-order valence-corrected chi connectivity index (χ4v) is 1.09. The molecule has 0 unspecified atom stereocenters. The fraction of sp³-hybridized carbons (Fsp3) is 0.250. The van der Waals surface area contributed by atoms with Crippen molar-refractivity contribution in [3.63, 3.8) is 0 Å². The Bertz CT molecular complexity index is 227. The Hall–Kier alpha value is -0.430. The van der Waals surface area contributed by atoms with Crippen LogP contribution in [0.4, 0.5) is 0 Å². The number of hydrogen-bond acceptors (Lipinski definition) is 1. The SMILES string of the molecule is C=C(C)/C(N)=C(/I)C#CC. The summed E-state index contributed by atoms with van der Waals surface area (Å²) in [5, 5.41) is 0. The van der Waals surface area contributed by atoms with Crippen molar-refractivity contribution in [2.45, 2.75) is 13.8 Å². The summed E-state index contributed by atoms with van der Waals surface area (Å²) in [6.07, 6.45) is 0. The molecule has 0 spiro atoms. The summed E-state index contributed by atoms with van der Waals surface area (Å²) in [5.41, 5.74) is 7.17. The van der Waals surface area contributed by atoms with Crippen LogP contribution in [0.3, 0.4) is 0 Å². The molecular formula is C8H10IN. The predicted molar refractivity (Wildman–Crippen MR) is 53.5 cm³/mol. The summed E-state index contributed by atoms with van der Waals surface area (Å²) in [4.78, 5) is 0. The Kier molecular flexibility index (Phi) is 4.21. The summed E-state index contributed by atoms with van der Waals surface area (Å²) in [5.74, 6) is 5.62. The van der Waals surface area contributed by atoms with Gasteiger partial charge in [-0.15, -0.1) is 5.92 Å². The van der Waals surface area contributed by atoms with E-state index < -0.39 is 0 Å². The van der Waals surface area contributed by atoms with Crippen LogP contribution in [-0.2, 0) is 0 Å². The first-order chi connectivity index (χ1) is 4.59. The lowest BCUT2D eigenvalue weighted by atomic mass is 10.2. The van der Waals surface area contributed by atoms with E-state index in [1.165, 1.54) is 0 Å². The molecule has 2 heteroatoms. The number of halogens is 1. The van der Waals surface area contributed by atoms with Gasteiger partial charge in [-0.25, -0.2) is 0 Å². The normalized spacial score (nSPS) is 11.1. The first-order valence-electron chi connectivity index (χ1n) is 2.83. The number of hydrogen-bond donors (Lipinski definition) is 1. The summed E-state index contributed by atoms with van der Waals surface area (Å²) in [6, 6.07) is 0. The van der Waals surface area contributed by atoms with Gasteiger partial charge in [0, 0.05) is 0 Å². The molecule has 0 saturated carbocycles. The Morgan fingerprint density at radius 3 is 2.40 bits per heavy atom. The fourth-order valence-electron chi connectivity index (χ4n) is 0.364. The van der Waals surface area contributed by atoms with Crippen LogP contribution in [0.1, 0.15) is 13.8 Å². The van der Waals surface area contributed by atoms with Crippen molar-refractivity contribution in [2.24, 2.45) is 5.73 Å². The maximum Gasteiger partial charge on any atom is 0.0860 e. The van der Waals surface area contributed by atoms with Crippen molar-refractivity contribution in [3.8, 4) is 11.8 Å². The van der Waals surface area contributed by atoms with Crippen LogP contribution >= 0.6 is 22.6 Å². The molecule has 0 rings (SSSR count). The molecule has 0 saturated heterocycles. The van der Waals surface area contributed by atoms with Gasteiger partial charge in [0.2, 0.25) is 0 Å². The van der Waals surface area contributed by atoms with Gasteiger partial charge in [0.15, 0.2) is 0 Å². The minimum absolute atomic E-state index is 0.690. The topological polar surface area (TPSA) is 26.0 Å². The van der Waals surface area contributed by atoms with Gasteiger partial charge in [0.1, 0.15) is 0 Å². The number of nitrogens with two attached hydrogens (primary N) is 1. The smallest absolute Gasteiger partial charge is 0.0860 e. The lowest BCUT2D eigenvalue weighted by molar-refractivity contribution is 1.31. The Morgan fingerprint density at radius 1 is 1.60 bits per heavy atom. The third-order valence-electron chi connectivity index (χ3n) is 0.931. The van der Waals surface area contributed by atoms with E-state index in [2.05, 4.69) is 41.0 Å². The first kappa shape index (κ1) is 9.57. The van der Waals surface area contributed by atoms with Crippen LogP contribution < -0.4 is 5.73 Å². The molecular weight excluding hydrogens is 237 g/mol. The van der Waals surface area contributed by atoms with Crippen LogP contribution in [0.5, 0.6) is 0 Å². The van der Waals surface area contributed by atoms with Gasteiger partial charge in [0.25, 0.3) is 0 Å². The molecule has 0 aliphatic heterocycles. The summed E-state index contributed by atoms with van der Waals surface area (Å²) >= 11 is 2.10. The zero-order valence-electron chi connectivity index (χ0n) is 6.16. The average Bonchev–Trinajstić information content (AvgIpc) is 1.87. The van der Waals surface area contributed by atoms with Gasteiger partial charge >= 0.3 is 0 Å². The predicted octanol–water partition coefficient (Wildman–Crippen LogP) is 2.19. The Labute approximate surface area is 75.5 Å². The molecule has 0 atom stereocenters. The van der Waals surface area contributed by atoms with Crippen LogP contribution in [0.15, 0.2) is 21.4 Å². The highest BCUT2D eigenvalue weighted by Gasteiger charge is 1.94. The number of allylic oxidation sites excluding steroid dienone is 2. The minimum atomic E-state index is 0.690. The van der Waals surface area contributed by atoms with E-state index in [4.69, 9.17) is 5.73 Å². The molecule has 0 aromatic rings. The standard InChI is InChI=1S/C8H10IN/c1-4-5-7(9)8(10)6(2)3/h2,10H2,1,3H3/b8-7-. The Balaban J connectivity index is 4.61. The quantitative estimate of drug-likeness (QED) is 0.429. The van der Waals surface area contributed by atoms with Crippen molar-refractivity contribution in [2.75, 3.05) is 0 Å².